The van der Waals surface area contributed by atoms with Crippen molar-refractivity contribution in [1.82, 2.24) is 14.6 Å². The van der Waals surface area contributed by atoms with E-state index in [9.17, 15) is 4.79 Å². The summed E-state index contributed by atoms with van der Waals surface area (Å²) in [6.45, 7) is 3.87. The molecule has 1 aromatic carbocycles. The molecule has 1 aliphatic heterocycles. The smallest absolute Gasteiger partial charge is 0.310 e. The van der Waals surface area contributed by atoms with Gasteiger partial charge in [-0.3, -0.25) is 4.79 Å². The first-order valence-electron chi connectivity index (χ1n) is 11.2. The molecule has 1 saturated heterocycles. The summed E-state index contributed by atoms with van der Waals surface area (Å²) in [6.07, 6.45) is 6.17. The normalized spacial score (nSPS) is 18.8. The van der Waals surface area contributed by atoms with Crippen LogP contribution in [-0.2, 0) is 22.4 Å². The number of rotatable bonds is 4. The number of carbonyl (C=O) groups excluding carboxylic acids is 1. The van der Waals surface area contributed by atoms with E-state index in [4.69, 9.17) is 26.4 Å². The topological polar surface area (TPSA) is 59.7 Å². The van der Waals surface area contributed by atoms with E-state index in [0.29, 0.717) is 18.2 Å². The van der Waals surface area contributed by atoms with Crippen molar-refractivity contribution >= 4 is 29.0 Å². The fourth-order valence-corrected chi connectivity index (χ4v) is 4.96. The number of aromatic nitrogens is 3. The number of aryl methyl sites for hydroxylation is 1. The van der Waals surface area contributed by atoms with Crippen LogP contribution in [0, 0.1) is 5.92 Å². The van der Waals surface area contributed by atoms with Gasteiger partial charge < -0.3 is 9.64 Å². The molecule has 1 unspecified atom stereocenters. The predicted molar refractivity (Wildman–Crippen MR) is 122 cm³/mol. The van der Waals surface area contributed by atoms with Crippen molar-refractivity contribution < 1.29 is 9.53 Å². The molecule has 2 aliphatic rings. The number of nitrogens with zero attached hydrogens (tertiary/aromatic N) is 4. The molecule has 0 amide bonds. The fourth-order valence-electron chi connectivity index (χ4n) is 4.84. The number of hydrogen-bond acceptors (Lipinski definition) is 5. The van der Waals surface area contributed by atoms with Crippen LogP contribution in [0.15, 0.2) is 30.3 Å². The van der Waals surface area contributed by atoms with E-state index < -0.39 is 0 Å². The van der Waals surface area contributed by atoms with Crippen molar-refractivity contribution in [2.45, 2.75) is 45.4 Å². The van der Waals surface area contributed by atoms with Gasteiger partial charge in [0, 0.05) is 41.0 Å². The predicted octanol–water partition coefficient (Wildman–Crippen LogP) is 4.71. The highest BCUT2D eigenvalue weighted by atomic mass is 35.5. The molecule has 0 spiro atoms. The fraction of sp³-hybridized carbons (Fsp3) is 0.458. The van der Waals surface area contributed by atoms with E-state index in [1.54, 1.807) is 0 Å². The maximum atomic E-state index is 12.4. The quantitative estimate of drug-likeness (QED) is 0.552. The van der Waals surface area contributed by atoms with Crippen molar-refractivity contribution in [3.05, 3.63) is 46.6 Å². The lowest BCUT2D eigenvalue weighted by Crippen LogP contribution is -2.41. The highest BCUT2D eigenvalue weighted by Crippen LogP contribution is 2.34. The Morgan fingerprint density at radius 3 is 2.81 bits per heavy atom. The average Bonchev–Trinajstić information content (AvgIpc) is 3.21. The summed E-state index contributed by atoms with van der Waals surface area (Å²) in [6, 6.07) is 9.79. The van der Waals surface area contributed by atoms with E-state index in [-0.39, 0.29) is 11.9 Å². The monoisotopic (exact) mass is 438 g/mol. The van der Waals surface area contributed by atoms with Gasteiger partial charge in [-0.2, -0.15) is 9.61 Å². The zero-order chi connectivity index (χ0) is 21.4. The Balaban J connectivity index is 1.60. The first-order chi connectivity index (χ1) is 15.1. The number of halogens is 1. The molecule has 0 saturated carbocycles. The van der Waals surface area contributed by atoms with Gasteiger partial charge in [-0.25, -0.2) is 4.98 Å². The highest BCUT2D eigenvalue weighted by molar-refractivity contribution is 6.30. The Morgan fingerprint density at radius 2 is 2.00 bits per heavy atom. The minimum Gasteiger partial charge on any atom is -0.466 e. The van der Waals surface area contributed by atoms with E-state index in [1.807, 2.05) is 41.8 Å². The van der Waals surface area contributed by atoms with E-state index >= 15 is 0 Å². The largest absolute Gasteiger partial charge is 0.466 e. The minimum atomic E-state index is -0.0950. The van der Waals surface area contributed by atoms with Gasteiger partial charge in [-0.1, -0.05) is 23.7 Å². The Hall–Kier alpha value is -2.60. The molecule has 1 fully saturated rings. The van der Waals surface area contributed by atoms with Crippen LogP contribution in [0.4, 0.5) is 5.82 Å². The molecule has 3 aromatic rings. The van der Waals surface area contributed by atoms with Gasteiger partial charge in [0.25, 0.3) is 0 Å². The first-order valence-corrected chi connectivity index (χ1v) is 11.6. The average molecular weight is 439 g/mol. The number of esters is 1. The number of anilines is 1. The maximum absolute atomic E-state index is 12.4. The molecule has 2 aromatic heterocycles. The second-order valence-corrected chi connectivity index (χ2v) is 8.85. The summed E-state index contributed by atoms with van der Waals surface area (Å²) in [5.41, 5.74) is 5.22. The summed E-state index contributed by atoms with van der Waals surface area (Å²) >= 11 is 6.07. The summed E-state index contributed by atoms with van der Waals surface area (Å²) in [7, 11) is 0. The van der Waals surface area contributed by atoms with Gasteiger partial charge in [0.05, 0.1) is 18.2 Å². The highest BCUT2D eigenvalue weighted by Gasteiger charge is 2.31. The van der Waals surface area contributed by atoms with Crippen LogP contribution in [0.5, 0.6) is 0 Å². The molecule has 0 radical (unpaired) electrons. The van der Waals surface area contributed by atoms with Crippen LogP contribution in [-0.4, -0.2) is 40.3 Å². The summed E-state index contributed by atoms with van der Waals surface area (Å²) in [5, 5.41) is 5.66. The standard InChI is InChI=1S/C24H27ClN4O2/c1-2-31-24(30)17-6-5-13-28(15-17)23-19-7-3-4-8-20(19)26-22-14-21(27-29(22)23)16-9-11-18(25)12-10-16/h9-12,14,17H,2-8,13,15H2,1H3. The number of ether oxygens (including phenoxy) is 1. The van der Waals surface area contributed by atoms with Crippen molar-refractivity contribution in [2.24, 2.45) is 5.92 Å². The lowest BCUT2D eigenvalue weighted by Gasteiger charge is -2.35. The van der Waals surface area contributed by atoms with Crippen LogP contribution >= 0.6 is 11.6 Å². The van der Waals surface area contributed by atoms with Crippen LogP contribution < -0.4 is 4.90 Å². The van der Waals surface area contributed by atoms with Crippen LogP contribution in [0.2, 0.25) is 5.02 Å². The van der Waals surface area contributed by atoms with E-state index in [2.05, 4.69) is 4.90 Å². The Bertz CT molecular complexity index is 1110. The Morgan fingerprint density at radius 1 is 1.19 bits per heavy atom. The van der Waals surface area contributed by atoms with Gasteiger partial charge in [-0.15, -0.1) is 0 Å². The molecule has 3 heterocycles. The second kappa shape index (κ2) is 8.50. The van der Waals surface area contributed by atoms with Crippen molar-refractivity contribution in [3.8, 4) is 11.3 Å². The third-order valence-corrected chi connectivity index (χ3v) is 6.58. The number of benzene rings is 1. The second-order valence-electron chi connectivity index (χ2n) is 8.41. The molecule has 0 N–H and O–H groups in total. The molecular weight excluding hydrogens is 412 g/mol. The lowest BCUT2D eigenvalue weighted by atomic mass is 9.94. The van der Waals surface area contributed by atoms with Crippen molar-refractivity contribution in [3.63, 3.8) is 0 Å². The number of fused-ring (bicyclic) bond motifs is 2. The molecule has 1 aliphatic carbocycles. The molecule has 1 atom stereocenters. The van der Waals surface area contributed by atoms with Gasteiger partial charge in [0.1, 0.15) is 5.82 Å². The Labute approximate surface area is 187 Å². The number of piperidine rings is 1. The van der Waals surface area contributed by atoms with Crippen LogP contribution in [0.1, 0.15) is 43.9 Å². The first kappa shape index (κ1) is 20.3. The summed E-state index contributed by atoms with van der Waals surface area (Å²) in [4.78, 5) is 19.8. The Kier molecular flexibility index (Phi) is 5.57. The lowest BCUT2D eigenvalue weighted by molar-refractivity contribution is -0.148. The molecule has 162 valence electrons. The van der Waals surface area contributed by atoms with Crippen LogP contribution in [0.3, 0.4) is 0 Å². The molecular formula is C24H27ClN4O2. The SMILES string of the molecule is CCOC(=O)C1CCCN(c2c3c(nc4cc(-c5ccc(Cl)cc5)nn24)CCCC3)C1. The zero-order valence-corrected chi connectivity index (χ0v) is 18.6. The maximum Gasteiger partial charge on any atom is 0.310 e. The van der Waals surface area contributed by atoms with Crippen LogP contribution in [0.25, 0.3) is 16.9 Å². The van der Waals surface area contributed by atoms with Gasteiger partial charge >= 0.3 is 5.97 Å². The van der Waals surface area contributed by atoms with Gasteiger partial charge in [-0.05, 0) is 57.6 Å². The molecule has 7 heteroatoms. The van der Waals surface area contributed by atoms with E-state index in [1.165, 1.54) is 17.7 Å². The minimum absolute atomic E-state index is 0.0892. The molecule has 6 nitrogen and oxygen atoms in total. The van der Waals surface area contributed by atoms with Crippen molar-refractivity contribution in [2.75, 3.05) is 24.6 Å². The molecule has 31 heavy (non-hydrogen) atoms. The molecule has 0 bridgehead atoms. The van der Waals surface area contributed by atoms with Crippen molar-refractivity contribution in [1.29, 1.82) is 0 Å². The van der Waals surface area contributed by atoms with Gasteiger partial charge in [0.2, 0.25) is 0 Å². The van der Waals surface area contributed by atoms with E-state index in [0.717, 1.165) is 61.4 Å². The summed E-state index contributed by atoms with van der Waals surface area (Å²) in [5.74, 6) is 0.921. The molecule has 5 rings (SSSR count). The van der Waals surface area contributed by atoms with Gasteiger partial charge in [0.15, 0.2) is 5.65 Å². The third kappa shape index (κ3) is 3.89. The number of hydrogen-bond donors (Lipinski definition) is 0. The third-order valence-electron chi connectivity index (χ3n) is 6.33. The summed E-state index contributed by atoms with van der Waals surface area (Å²) < 4.78 is 7.31. The zero-order valence-electron chi connectivity index (χ0n) is 17.8. The number of carbonyl (C=O) groups is 1.